The number of hydrogen-bond donors (Lipinski definition) is 2. The van der Waals surface area contributed by atoms with Crippen molar-refractivity contribution in [1.82, 2.24) is 4.57 Å². The lowest BCUT2D eigenvalue weighted by Gasteiger charge is -2.23. The molecule has 1 aromatic carbocycles. The van der Waals surface area contributed by atoms with E-state index in [9.17, 15) is 5.11 Å². The second kappa shape index (κ2) is 6.95. The van der Waals surface area contributed by atoms with Crippen molar-refractivity contribution in [3.63, 3.8) is 0 Å². The lowest BCUT2D eigenvalue weighted by Crippen LogP contribution is -2.88. The molecule has 1 aliphatic rings. The fourth-order valence-corrected chi connectivity index (χ4v) is 3.47. The smallest absolute Gasteiger partial charge is 0.104 e. The van der Waals surface area contributed by atoms with E-state index in [0.29, 0.717) is 12.5 Å². The Morgan fingerprint density at radius 1 is 1.23 bits per heavy atom. The standard InChI is InChI=1S/C18H23N3O/c19-10-3-11-21-13-14(17-4-1-2-5-18(17)21)12-20-15-6-8-16(22)9-7-15/h1-2,4-5,13,15-16,20,22H,3,6-9,11-12H2/p+1. The van der Waals surface area contributed by atoms with Gasteiger partial charge in [-0.3, -0.25) is 0 Å². The molecular weight excluding hydrogens is 274 g/mol. The van der Waals surface area contributed by atoms with Crippen LogP contribution in [0.4, 0.5) is 0 Å². The molecule has 0 saturated heterocycles. The molecule has 0 aliphatic heterocycles. The summed E-state index contributed by atoms with van der Waals surface area (Å²) in [5.41, 5.74) is 2.57. The Morgan fingerprint density at radius 2 is 2.00 bits per heavy atom. The number of fused-ring (bicyclic) bond motifs is 1. The summed E-state index contributed by atoms with van der Waals surface area (Å²) in [6.45, 7) is 1.73. The van der Waals surface area contributed by atoms with E-state index < -0.39 is 0 Å². The number of quaternary nitrogens is 1. The molecule has 0 radical (unpaired) electrons. The molecule has 4 heteroatoms. The van der Waals surface area contributed by atoms with E-state index in [1.165, 1.54) is 16.5 Å². The Hall–Kier alpha value is -1.83. The highest BCUT2D eigenvalue weighted by atomic mass is 16.3. The molecule has 4 nitrogen and oxygen atoms in total. The highest BCUT2D eigenvalue weighted by molar-refractivity contribution is 5.83. The minimum absolute atomic E-state index is 0.0856. The van der Waals surface area contributed by atoms with E-state index >= 15 is 0 Å². The van der Waals surface area contributed by atoms with Crippen molar-refractivity contribution in [2.75, 3.05) is 0 Å². The largest absolute Gasteiger partial charge is 0.393 e. The summed E-state index contributed by atoms with van der Waals surface area (Å²) < 4.78 is 2.20. The number of nitriles is 1. The van der Waals surface area contributed by atoms with Crippen LogP contribution in [-0.2, 0) is 13.1 Å². The van der Waals surface area contributed by atoms with Gasteiger partial charge in [0.1, 0.15) is 6.54 Å². The highest BCUT2D eigenvalue weighted by Gasteiger charge is 2.22. The van der Waals surface area contributed by atoms with Crippen LogP contribution in [0, 0.1) is 11.3 Å². The van der Waals surface area contributed by atoms with Gasteiger partial charge in [-0.25, -0.2) is 0 Å². The molecule has 116 valence electrons. The number of aliphatic hydroxyl groups excluding tert-OH is 1. The van der Waals surface area contributed by atoms with Crippen LogP contribution in [0.15, 0.2) is 30.5 Å². The molecule has 22 heavy (non-hydrogen) atoms. The predicted octanol–water partition coefficient (Wildman–Crippen LogP) is 1.92. The number of benzene rings is 1. The van der Waals surface area contributed by atoms with Crippen molar-refractivity contribution in [3.05, 3.63) is 36.0 Å². The zero-order valence-electron chi connectivity index (χ0n) is 12.9. The van der Waals surface area contributed by atoms with E-state index in [2.05, 4.69) is 46.4 Å². The maximum Gasteiger partial charge on any atom is 0.104 e. The SMILES string of the molecule is N#CCCn1cc(C[NH2+]C2CCC(O)CC2)c2ccccc21. The van der Waals surface area contributed by atoms with Gasteiger partial charge < -0.3 is 15.0 Å². The van der Waals surface area contributed by atoms with Gasteiger partial charge >= 0.3 is 0 Å². The van der Waals surface area contributed by atoms with Crippen molar-refractivity contribution < 1.29 is 10.4 Å². The van der Waals surface area contributed by atoms with Crippen LogP contribution >= 0.6 is 0 Å². The Kier molecular flexibility index (Phi) is 4.77. The first kappa shape index (κ1) is 15.1. The average molecular weight is 298 g/mol. The lowest BCUT2D eigenvalue weighted by atomic mass is 9.93. The minimum atomic E-state index is -0.0856. The van der Waals surface area contributed by atoms with Gasteiger partial charge in [-0.15, -0.1) is 0 Å². The third-order valence-corrected chi connectivity index (χ3v) is 4.75. The normalized spacial score (nSPS) is 21.8. The zero-order valence-corrected chi connectivity index (χ0v) is 12.9. The van der Waals surface area contributed by atoms with Gasteiger partial charge in [0.05, 0.1) is 24.6 Å². The second-order valence-corrected chi connectivity index (χ2v) is 6.28. The summed E-state index contributed by atoms with van der Waals surface area (Å²) in [7, 11) is 0. The molecule has 3 N–H and O–H groups in total. The van der Waals surface area contributed by atoms with Crippen LogP contribution in [0.5, 0.6) is 0 Å². The molecular formula is C18H24N3O+. The van der Waals surface area contributed by atoms with Crippen molar-refractivity contribution >= 4 is 10.9 Å². The van der Waals surface area contributed by atoms with E-state index in [0.717, 1.165) is 38.8 Å². The fourth-order valence-electron chi connectivity index (χ4n) is 3.47. The predicted molar refractivity (Wildman–Crippen MR) is 86.1 cm³/mol. The Morgan fingerprint density at radius 3 is 2.77 bits per heavy atom. The molecule has 0 amide bonds. The molecule has 0 spiro atoms. The van der Waals surface area contributed by atoms with Crippen LogP contribution in [0.1, 0.15) is 37.7 Å². The molecule has 1 heterocycles. The van der Waals surface area contributed by atoms with Crippen LogP contribution in [-0.4, -0.2) is 21.8 Å². The molecule has 3 rings (SSSR count). The first-order valence-electron chi connectivity index (χ1n) is 8.23. The molecule has 1 aliphatic carbocycles. The third kappa shape index (κ3) is 3.32. The highest BCUT2D eigenvalue weighted by Crippen LogP contribution is 2.21. The van der Waals surface area contributed by atoms with Crippen LogP contribution < -0.4 is 5.32 Å². The van der Waals surface area contributed by atoms with Crippen molar-refractivity contribution in [1.29, 1.82) is 5.26 Å². The first-order valence-corrected chi connectivity index (χ1v) is 8.23. The summed E-state index contributed by atoms with van der Waals surface area (Å²) >= 11 is 0. The van der Waals surface area contributed by atoms with Gasteiger partial charge in [-0.05, 0) is 18.9 Å². The Balaban J connectivity index is 1.72. The quantitative estimate of drug-likeness (QED) is 0.885. The molecule has 1 aromatic heterocycles. The Labute approximate surface area is 131 Å². The number of aromatic nitrogens is 1. The monoisotopic (exact) mass is 298 g/mol. The number of para-hydroxylation sites is 1. The molecule has 1 saturated carbocycles. The van der Waals surface area contributed by atoms with Crippen LogP contribution in [0.25, 0.3) is 10.9 Å². The summed E-state index contributed by atoms with van der Waals surface area (Å²) in [4.78, 5) is 0. The minimum Gasteiger partial charge on any atom is -0.393 e. The number of rotatable bonds is 5. The van der Waals surface area contributed by atoms with E-state index in [4.69, 9.17) is 5.26 Å². The topological polar surface area (TPSA) is 65.6 Å². The van der Waals surface area contributed by atoms with Gasteiger partial charge in [0.15, 0.2) is 0 Å². The lowest BCUT2D eigenvalue weighted by molar-refractivity contribution is -0.707. The number of aryl methyl sites for hydroxylation is 1. The number of nitrogens with zero attached hydrogens (tertiary/aromatic N) is 2. The van der Waals surface area contributed by atoms with Crippen LogP contribution in [0.3, 0.4) is 0 Å². The summed E-state index contributed by atoms with van der Waals surface area (Å²) in [6.07, 6.45) is 6.74. The number of aliphatic hydroxyl groups is 1. The summed E-state index contributed by atoms with van der Waals surface area (Å²) in [6, 6.07) is 11.3. The van der Waals surface area contributed by atoms with Gasteiger partial charge in [-0.2, -0.15) is 5.26 Å². The zero-order chi connectivity index (χ0) is 15.4. The maximum atomic E-state index is 9.60. The van der Waals surface area contributed by atoms with Crippen molar-refractivity contribution in [2.24, 2.45) is 0 Å². The second-order valence-electron chi connectivity index (χ2n) is 6.28. The van der Waals surface area contributed by atoms with Crippen LogP contribution in [0.2, 0.25) is 0 Å². The maximum absolute atomic E-state index is 9.60. The Bertz CT molecular complexity index is 663. The number of hydrogen-bond acceptors (Lipinski definition) is 2. The summed E-state index contributed by atoms with van der Waals surface area (Å²) in [5, 5.41) is 22.1. The van der Waals surface area contributed by atoms with Gasteiger partial charge in [0.2, 0.25) is 0 Å². The molecule has 0 bridgehead atoms. The van der Waals surface area contributed by atoms with Crippen molar-refractivity contribution in [3.8, 4) is 6.07 Å². The third-order valence-electron chi connectivity index (χ3n) is 4.75. The molecule has 0 atom stereocenters. The average Bonchev–Trinajstić information content (AvgIpc) is 2.91. The van der Waals surface area contributed by atoms with Gasteiger partial charge in [0.25, 0.3) is 0 Å². The van der Waals surface area contributed by atoms with E-state index in [1.807, 2.05) is 0 Å². The van der Waals surface area contributed by atoms with E-state index in [-0.39, 0.29) is 6.10 Å². The fraction of sp³-hybridized carbons (Fsp3) is 0.500. The summed E-state index contributed by atoms with van der Waals surface area (Å²) in [5.74, 6) is 0. The molecule has 2 aromatic rings. The van der Waals surface area contributed by atoms with E-state index in [1.54, 1.807) is 0 Å². The van der Waals surface area contributed by atoms with Gasteiger partial charge in [-0.1, -0.05) is 18.2 Å². The van der Waals surface area contributed by atoms with Gasteiger partial charge in [0, 0.05) is 42.0 Å². The first-order chi connectivity index (χ1) is 10.8. The molecule has 1 fully saturated rings. The number of nitrogens with two attached hydrogens (primary N) is 1. The molecule has 0 unspecified atom stereocenters. The van der Waals surface area contributed by atoms with Crippen molar-refractivity contribution in [2.45, 2.75) is 57.3 Å².